The highest BCUT2D eigenvalue weighted by Gasteiger charge is 2.15. The van der Waals surface area contributed by atoms with Crippen LogP contribution in [0.5, 0.6) is 5.75 Å². The average molecular weight is 425 g/mol. The molecule has 0 fully saturated rings. The van der Waals surface area contributed by atoms with E-state index in [0.717, 1.165) is 11.3 Å². The van der Waals surface area contributed by atoms with E-state index in [1.165, 1.54) is 12.1 Å². The molecule has 2 N–H and O–H groups in total. The van der Waals surface area contributed by atoms with Crippen LogP contribution in [0, 0.1) is 6.92 Å². The number of hydrogen-bond acceptors (Lipinski definition) is 4. The molecular weight excluding hydrogens is 400 g/mol. The average Bonchev–Trinajstić information content (AvgIpc) is 2.59. The lowest BCUT2D eigenvalue weighted by atomic mass is 10.2. The van der Waals surface area contributed by atoms with Crippen LogP contribution in [0.4, 0.5) is 5.69 Å². The Kier molecular flexibility index (Phi) is 7.86. The summed E-state index contributed by atoms with van der Waals surface area (Å²) in [5, 5.41) is 3.41. The second-order valence-corrected chi connectivity index (χ2v) is 8.86. The lowest BCUT2D eigenvalue weighted by molar-refractivity contribution is -0.116. The molecule has 0 aliphatic heterocycles. The summed E-state index contributed by atoms with van der Waals surface area (Å²) in [6.07, 6.45) is 0.847. The van der Waals surface area contributed by atoms with Gasteiger partial charge in [0.05, 0.1) is 11.5 Å². The Morgan fingerprint density at radius 1 is 1.14 bits per heavy atom. The third kappa shape index (κ3) is 6.82. The van der Waals surface area contributed by atoms with E-state index in [9.17, 15) is 13.2 Å². The van der Waals surface area contributed by atoms with Gasteiger partial charge in [0.25, 0.3) is 0 Å². The van der Waals surface area contributed by atoms with Gasteiger partial charge in [-0.1, -0.05) is 11.6 Å². The van der Waals surface area contributed by atoms with Gasteiger partial charge < -0.3 is 10.1 Å². The summed E-state index contributed by atoms with van der Waals surface area (Å²) in [5.74, 6) is 0.587. The lowest BCUT2D eigenvalue weighted by Gasteiger charge is -2.11. The van der Waals surface area contributed by atoms with E-state index in [1.807, 2.05) is 19.1 Å². The first-order chi connectivity index (χ1) is 13.2. The van der Waals surface area contributed by atoms with Crippen molar-refractivity contribution < 1.29 is 17.9 Å². The maximum atomic E-state index is 12.1. The van der Waals surface area contributed by atoms with Crippen LogP contribution >= 0.6 is 11.6 Å². The summed E-state index contributed by atoms with van der Waals surface area (Å²) < 4.78 is 32.4. The van der Waals surface area contributed by atoms with Crippen LogP contribution in [0.3, 0.4) is 0 Å². The largest absolute Gasteiger partial charge is 0.493 e. The van der Waals surface area contributed by atoms with Crippen LogP contribution in [0.1, 0.15) is 32.3 Å². The van der Waals surface area contributed by atoms with Gasteiger partial charge in [-0.25, -0.2) is 13.1 Å². The molecule has 2 rings (SSSR count). The third-order valence-electron chi connectivity index (χ3n) is 3.78. The van der Waals surface area contributed by atoms with Gasteiger partial charge in [-0.3, -0.25) is 4.79 Å². The van der Waals surface area contributed by atoms with E-state index >= 15 is 0 Å². The van der Waals surface area contributed by atoms with Crippen LogP contribution in [-0.4, -0.2) is 27.0 Å². The highest BCUT2D eigenvalue weighted by molar-refractivity contribution is 7.89. The molecule has 2 aromatic carbocycles. The Bertz CT molecular complexity index is 912. The zero-order valence-corrected chi connectivity index (χ0v) is 17.7. The van der Waals surface area contributed by atoms with Crippen molar-refractivity contribution in [3.05, 3.63) is 53.1 Å². The summed E-state index contributed by atoms with van der Waals surface area (Å²) >= 11 is 5.91. The summed E-state index contributed by atoms with van der Waals surface area (Å²) in [7, 11) is -3.54. The number of amides is 1. The Morgan fingerprint density at radius 3 is 2.43 bits per heavy atom. The molecule has 0 saturated carbocycles. The Morgan fingerprint density at radius 2 is 1.82 bits per heavy atom. The minimum absolute atomic E-state index is 0.158. The molecule has 0 saturated heterocycles. The van der Waals surface area contributed by atoms with Gasteiger partial charge in [-0.2, -0.15) is 0 Å². The Labute approximate surface area is 171 Å². The normalized spacial score (nSPS) is 11.5. The van der Waals surface area contributed by atoms with Crippen molar-refractivity contribution in [2.24, 2.45) is 0 Å². The maximum absolute atomic E-state index is 12.1. The molecule has 0 radical (unpaired) electrons. The maximum Gasteiger partial charge on any atom is 0.240 e. The minimum atomic E-state index is -3.54. The summed E-state index contributed by atoms with van der Waals surface area (Å²) in [5.41, 5.74) is 1.49. The van der Waals surface area contributed by atoms with Crippen molar-refractivity contribution >= 4 is 33.2 Å². The predicted octanol–water partition coefficient (Wildman–Crippen LogP) is 4.13. The van der Waals surface area contributed by atoms with Crippen molar-refractivity contribution in [1.82, 2.24) is 4.72 Å². The Balaban J connectivity index is 1.80. The van der Waals surface area contributed by atoms with E-state index in [0.29, 0.717) is 30.2 Å². The molecule has 1 amide bonds. The predicted molar refractivity (Wildman–Crippen MR) is 111 cm³/mol. The molecule has 0 aliphatic rings. The Hall–Kier alpha value is -2.09. The number of sulfonamides is 1. The van der Waals surface area contributed by atoms with Gasteiger partial charge in [0.2, 0.25) is 15.9 Å². The summed E-state index contributed by atoms with van der Waals surface area (Å²) in [6.45, 7) is 5.83. The number of carbonyl (C=O) groups is 1. The quantitative estimate of drug-likeness (QED) is 0.592. The summed E-state index contributed by atoms with van der Waals surface area (Å²) in [4.78, 5) is 12.2. The molecule has 8 heteroatoms. The van der Waals surface area contributed by atoms with E-state index in [2.05, 4.69) is 10.0 Å². The third-order valence-corrected chi connectivity index (χ3v) is 5.69. The first kappa shape index (κ1) is 22.2. The van der Waals surface area contributed by atoms with Crippen molar-refractivity contribution in [2.75, 3.05) is 11.9 Å². The van der Waals surface area contributed by atoms with Gasteiger partial charge in [0.15, 0.2) is 0 Å². The van der Waals surface area contributed by atoms with Gasteiger partial charge in [0, 0.05) is 23.2 Å². The molecule has 0 aromatic heterocycles. The van der Waals surface area contributed by atoms with Crippen molar-refractivity contribution in [3.63, 3.8) is 0 Å². The molecule has 28 heavy (non-hydrogen) atoms. The van der Waals surface area contributed by atoms with Gasteiger partial charge in [-0.15, -0.1) is 0 Å². The van der Waals surface area contributed by atoms with Crippen LogP contribution < -0.4 is 14.8 Å². The molecule has 0 unspecified atom stereocenters. The topological polar surface area (TPSA) is 84.5 Å². The van der Waals surface area contributed by atoms with Crippen molar-refractivity contribution in [3.8, 4) is 5.75 Å². The molecule has 0 atom stereocenters. The number of benzene rings is 2. The second-order valence-electron chi connectivity index (χ2n) is 6.71. The lowest BCUT2D eigenvalue weighted by Crippen LogP contribution is -2.30. The van der Waals surface area contributed by atoms with Gasteiger partial charge in [0.1, 0.15) is 5.75 Å². The number of carbonyl (C=O) groups excluding carboxylic acids is 1. The molecule has 0 heterocycles. The highest BCUT2D eigenvalue weighted by atomic mass is 35.5. The first-order valence-corrected chi connectivity index (χ1v) is 10.8. The van der Waals surface area contributed by atoms with Gasteiger partial charge >= 0.3 is 0 Å². The number of nitrogens with one attached hydrogen (secondary N) is 2. The van der Waals surface area contributed by atoms with Crippen LogP contribution in [-0.2, 0) is 14.8 Å². The number of rotatable bonds is 9. The van der Waals surface area contributed by atoms with Crippen LogP contribution in [0.2, 0.25) is 5.02 Å². The minimum Gasteiger partial charge on any atom is -0.493 e. The van der Waals surface area contributed by atoms with E-state index in [1.54, 1.807) is 32.0 Å². The fourth-order valence-corrected chi connectivity index (χ4v) is 3.99. The molecule has 2 aromatic rings. The molecular formula is C20H25ClN2O4S. The monoisotopic (exact) mass is 424 g/mol. The van der Waals surface area contributed by atoms with Gasteiger partial charge in [-0.05, 0) is 75.2 Å². The van der Waals surface area contributed by atoms with Crippen molar-refractivity contribution in [2.45, 2.75) is 44.6 Å². The van der Waals surface area contributed by atoms with E-state index in [4.69, 9.17) is 16.3 Å². The molecule has 6 nitrogen and oxygen atoms in total. The van der Waals surface area contributed by atoms with Crippen LogP contribution in [0.15, 0.2) is 47.4 Å². The molecule has 152 valence electrons. The number of halogens is 1. The first-order valence-electron chi connectivity index (χ1n) is 8.98. The standard InChI is InChI=1S/C20H25ClN2O4S/c1-14(2)23-28(25,26)18-9-7-17(8-10-18)22-20(24)5-4-12-27-19-11-6-16(21)13-15(19)3/h6-11,13-14,23H,4-5,12H2,1-3H3,(H,22,24). The molecule has 0 aliphatic carbocycles. The number of anilines is 1. The highest BCUT2D eigenvalue weighted by Crippen LogP contribution is 2.22. The number of aryl methyl sites for hydroxylation is 1. The molecule has 0 bridgehead atoms. The number of hydrogen-bond donors (Lipinski definition) is 2. The second kappa shape index (κ2) is 9.91. The fraction of sp³-hybridized carbons (Fsp3) is 0.350. The smallest absolute Gasteiger partial charge is 0.240 e. The zero-order chi connectivity index (χ0) is 20.7. The van der Waals surface area contributed by atoms with Crippen molar-refractivity contribution in [1.29, 1.82) is 0 Å². The molecule has 0 spiro atoms. The van der Waals surface area contributed by atoms with E-state index < -0.39 is 10.0 Å². The number of ether oxygens (including phenoxy) is 1. The zero-order valence-electron chi connectivity index (χ0n) is 16.2. The van der Waals surface area contributed by atoms with Crippen LogP contribution in [0.25, 0.3) is 0 Å². The fourth-order valence-electron chi connectivity index (χ4n) is 2.51. The van der Waals surface area contributed by atoms with E-state index in [-0.39, 0.29) is 16.8 Å². The SMILES string of the molecule is Cc1cc(Cl)ccc1OCCCC(=O)Nc1ccc(S(=O)(=O)NC(C)C)cc1. The summed E-state index contributed by atoms with van der Waals surface area (Å²) in [6, 6.07) is 11.3.